The molecule has 0 aliphatic carbocycles. The van der Waals surface area contributed by atoms with Crippen LogP contribution in [-0.4, -0.2) is 31.6 Å². The van der Waals surface area contributed by atoms with Gasteiger partial charge in [0, 0.05) is 16.7 Å². The van der Waals surface area contributed by atoms with Crippen LogP contribution in [0.5, 0.6) is 0 Å². The molecule has 0 amide bonds. The van der Waals surface area contributed by atoms with Gasteiger partial charge in [-0.2, -0.15) is 0 Å². The summed E-state index contributed by atoms with van der Waals surface area (Å²) in [6.07, 6.45) is 1.03. The van der Waals surface area contributed by atoms with Gasteiger partial charge in [0.05, 0.1) is 12.4 Å². The molecule has 0 heterocycles. The van der Waals surface area contributed by atoms with E-state index in [1.807, 2.05) is 25.1 Å². The van der Waals surface area contributed by atoms with Crippen molar-refractivity contribution in [1.29, 1.82) is 0 Å². The Morgan fingerprint density at radius 2 is 1.94 bits per heavy atom. The Morgan fingerprint density at radius 1 is 1.28 bits per heavy atom. The van der Waals surface area contributed by atoms with Crippen LogP contribution in [-0.2, 0) is 9.84 Å². The molecular formula is C13H19ClO3S. The van der Waals surface area contributed by atoms with E-state index in [4.69, 9.17) is 11.6 Å². The lowest BCUT2D eigenvalue weighted by atomic mass is 9.97. The largest absolute Gasteiger partial charge is 0.396 e. The number of rotatable bonds is 7. The second-order valence-corrected chi connectivity index (χ2v) is 7.05. The van der Waals surface area contributed by atoms with Crippen LogP contribution in [0.3, 0.4) is 0 Å². The van der Waals surface area contributed by atoms with Gasteiger partial charge in [0.25, 0.3) is 0 Å². The van der Waals surface area contributed by atoms with Crippen LogP contribution in [0.2, 0.25) is 5.02 Å². The maximum Gasteiger partial charge on any atom is 0.150 e. The first-order valence-electron chi connectivity index (χ1n) is 6.06. The molecule has 1 atom stereocenters. The Kier molecular flexibility index (Phi) is 6.12. The smallest absolute Gasteiger partial charge is 0.150 e. The summed E-state index contributed by atoms with van der Waals surface area (Å²) in [6, 6.07) is 7.23. The molecule has 0 radical (unpaired) electrons. The lowest BCUT2D eigenvalue weighted by Crippen LogP contribution is -2.15. The van der Waals surface area contributed by atoms with E-state index in [2.05, 4.69) is 0 Å². The van der Waals surface area contributed by atoms with Gasteiger partial charge in [-0.25, -0.2) is 8.42 Å². The SMILES string of the molecule is CCCS(=O)(=O)CCC(CO)c1ccccc1Cl. The Morgan fingerprint density at radius 3 is 2.50 bits per heavy atom. The molecule has 3 nitrogen and oxygen atoms in total. The second kappa shape index (κ2) is 7.12. The van der Waals surface area contributed by atoms with Crippen molar-refractivity contribution >= 4 is 21.4 Å². The van der Waals surface area contributed by atoms with Crippen LogP contribution in [0.1, 0.15) is 31.2 Å². The van der Waals surface area contributed by atoms with Crippen molar-refractivity contribution in [2.45, 2.75) is 25.7 Å². The number of aliphatic hydroxyl groups excluding tert-OH is 1. The molecule has 0 bridgehead atoms. The fourth-order valence-corrected chi connectivity index (χ4v) is 3.65. The van der Waals surface area contributed by atoms with E-state index in [0.717, 1.165) is 5.56 Å². The third-order valence-electron chi connectivity index (χ3n) is 2.86. The topological polar surface area (TPSA) is 54.4 Å². The summed E-state index contributed by atoms with van der Waals surface area (Å²) in [7, 11) is -3.01. The number of hydrogen-bond donors (Lipinski definition) is 1. The van der Waals surface area contributed by atoms with Gasteiger partial charge >= 0.3 is 0 Å². The molecule has 0 spiro atoms. The number of sulfone groups is 1. The predicted octanol–water partition coefficient (Wildman–Crippen LogP) is 2.63. The van der Waals surface area contributed by atoms with Crippen molar-refractivity contribution in [1.82, 2.24) is 0 Å². The standard InChI is InChI=1S/C13H19ClO3S/c1-2-8-18(16,17)9-7-11(10-15)12-5-3-4-6-13(12)14/h3-6,11,15H,2,7-10H2,1H3. The maximum atomic E-state index is 11.7. The molecular weight excluding hydrogens is 272 g/mol. The summed E-state index contributed by atoms with van der Waals surface area (Å²) >= 11 is 6.05. The van der Waals surface area contributed by atoms with Gasteiger partial charge < -0.3 is 5.11 Å². The lowest BCUT2D eigenvalue weighted by molar-refractivity contribution is 0.262. The zero-order valence-corrected chi connectivity index (χ0v) is 12.0. The quantitative estimate of drug-likeness (QED) is 0.840. The van der Waals surface area contributed by atoms with Gasteiger partial charge in [-0.3, -0.25) is 0 Å². The van der Waals surface area contributed by atoms with Crippen molar-refractivity contribution in [3.8, 4) is 0 Å². The normalized spacial score (nSPS) is 13.5. The monoisotopic (exact) mass is 290 g/mol. The van der Waals surface area contributed by atoms with E-state index in [9.17, 15) is 13.5 Å². The molecule has 5 heteroatoms. The van der Waals surface area contributed by atoms with Crippen molar-refractivity contribution in [2.75, 3.05) is 18.1 Å². The maximum absolute atomic E-state index is 11.7. The minimum atomic E-state index is -3.01. The van der Waals surface area contributed by atoms with Crippen molar-refractivity contribution in [3.63, 3.8) is 0 Å². The highest BCUT2D eigenvalue weighted by molar-refractivity contribution is 7.91. The molecule has 1 aromatic rings. The molecule has 1 aromatic carbocycles. The summed E-state index contributed by atoms with van der Waals surface area (Å²) in [5, 5.41) is 9.95. The van der Waals surface area contributed by atoms with Gasteiger partial charge in [0.15, 0.2) is 0 Å². The molecule has 1 unspecified atom stereocenters. The zero-order valence-electron chi connectivity index (χ0n) is 10.5. The van der Waals surface area contributed by atoms with Crippen molar-refractivity contribution < 1.29 is 13.5 Å². The zero-order chi connectivity index (χ0) is 13.6. The highest BCUT2D eigenvalue weighted by Crippen LogP contribution is 2.27. The molecule has 0 saturated carbocycles. The predicted molar refractivity (Wildman–Crippen MR) is 74.8 cm³/mol. The number of benzene rings is 1. The van der Waals surface area contributed by atoms with E-state index >= 15 is 0 Å². The van der Waals surface area contributed by atoms with Crippen molar-refractivity contribution in [2.24, 2.45) is 0 Å². The second-order valence-electron chi connectivity index (χ2n) is 4.34. The van der Waals surface area contributed by atoms with E-state index in [1.54, 1.807) is 6.07 Å². The third kappa shape index (κ3) is 4.59. The Bertz CT molecular complexity index is 471. The Balaban J connectivity index is 2.72. The first-order valence-corrected chi connectivity index (χ1v) is 8.25. The first-order chi connectivity index (χ1) is 8.50. The summed E-state index contributed by atoms with van der Waals surface area (Å²) in [5.41, 5.74) is 0.813. The minimum Gasteiger partial charge on any atom is -0.396 e. The average Bonchev–Trinajstić information content (AvgIpc) is 2.32. The average molecular weight is 291 g/mol. The van der Waals surface area contributed by atoms with Crippen LogP contribution >= 0.6 is 11.6 Å². The van der Waals surface area contributed by atoms with Gasteiger partial charge in [0.1, 0.15) is 9.84 Å². The summed E-state index contributed by atoms with van der Waals surface area (Å²) in [6.45, 7) is 1.75. The fraction of sp³-hybridized carbons (Fsp3) is 0.538. The van der Waals surface area contributed by atoms with Gasteiger partial charge in [-0.1, -0.05) is 36.7 Å². The highest BCUT2D eigenvalue weighted by Gasteiger charge is 2.17. The fourth-order valence-electron chi connectivity index (χ4n) is 1.89. The number of halogens is 1. The molecule has 0 aliphatic heterocycles. The highest BCUT2D eigenvalue weighted by atomic mass is 35.5. The first kappa shape index (κ1) is 15.5. The number of hydrogen-bond acceptors (Lipinski definition) is 3. The van der Waals surface area contributed by atoms with Crippen LogP contribution in [0, 0.1) is 0 Å². The molecule has 0 aromatic heterocycles. The third-order valence-corrected chi connectivity index (χ3v) is 5.09. The molecule has 0 fully saturated rings. The molecule has 0 saturated heterocycles. The Labute approximate surface area is 114 Å². The van der Waals surface area contributed by atoms with Crippen LogP contribution in [0.25, 0.3) is 0 Å². The van der Waals surface area contributed by atoms with Crippen LogP contribution in [0.15, 0.2) is 24.3 Å². The lowest BCUT2D eigenvalue weighted by Gasteiger charge is -2.16. The summed E-state index contributed by atoms with van der Waals surface area (Å²) in [5.74, 6) is 0.0793. The van der Waals surface area contributed by atoms with Crippen molar-refractivity contribution in [3.05, 3.63) is 34.9 Å². The molecule has 1 N–H and O–H groups in total. The van der Waals surface area contributed by atoms with Gasteiger partial charge in [0.2, 0.25) is 0 Å². The summed E-state index contributed by atoms with van der Waals surface area (Å²) < 4.78 is 23.3. The number of aliphatic hydroxyl groups is 1. The Hall–Kier alpha value is -0.580. The minimum absolute atomic E-state index is 0.0919. The van der Waals surface area contributed by atoms with E-state index < -0.39 is 9.84 Å². The molecule has 0 aliphatic rings. The van der Waals surface area contributed by atoms with E-state index in [-0.39, 0.29) is 24.0 Å². The molecule has 102 valence electrons. The molecule has 1 rings (SSSR count). The van der Waals surface area contributed by atoms with Crippen LogP contribution < -0.4 is 0 Å². The van der Waals surface area contributed by atoms with Crippen LogP contribution in [0.4, 0.5) is 0 Å². The van der Waals surface area contributed by atoms with E-state index in [0.29, 0.717) is 17.9 Å². The van der Waals surface area contributed by atoms with E-state index in [1.165, 1.54) is 0 Å². The summed E-state index contributed by atoms with van der Waals surface area (Å²) in [4.78, 5) is 0. The molecule has 18 heavy (non-hydrogen) atoms. The van der Waals surface area contributed by atoms with Gasteiger partial charge in [-0.15, -0.1) is 0 Å². The van der Waals surface area contributed by atoms with Gasteiger partial charge in [-0.05, 0) is 24.5 Å².